The fourth-order valence-corrected chi connectivity index (χ4v) is 1.20. The van der Waals surface area contributed by atoms with Gasteiger partial charge in [0.15, 0.2) is 0 Å². The van der Waals surface area contributed by atoms with Crippen molar-refractivity contribution >= 4 is 18.0 Å². The minimum absolute atomic E-state index is 0.0587. The summed E-state index contributed by atoms with van der Waals surface area (Å²) in [4.78, 5) is 21.5. The first-order valence-electron chi connectivity index (χ1n) is 4.53. The fraction of sp³-hybridized carbons (Fsp3) is 0.0909. The van der Waals surface area contributed by atoms with Crippen molar-refractivity contribution in [2.75, 3.05) is 6.54 Å². The second-order valence-corrected chi connectivity index (χ2v) is 3.09. The molecule has 0 aliphatic rings. The van der Waals surface area contributed by atoms with Crippen LogP contribution < -0.4 is 5.73 Å². The van der Waals surface area contributed by atoms with Crippen molar-refractivity contribution in [3.8, 4) is 0 Å². The van der Waals surface area contributed by atoms with Gasteiger partial charge in [-0.05, 0) is 23.8 Å². The van der Waals surface area contributed by atoms with E-state index in [2.05, 4.69) is 0 Å². The Balaban J connectivity index is 3.24. The molecule has 0 bridgehead atoms. The molecule has 1 aromatic carbocycles. The second-order valence-electron chi connectivity index (χ2n) is 3.09. The monoisotopic (exact) mass is 221 g/mol. The third-order valence-corrected chi connectivity index (χ3v) is 1.90. The maximum Gasteiger partial charge on any atom is 0.335 e. The molecule has 0 atom stereocenters. The van der Waals surface area contributed by atoms with Crippen molar-refractivity contribution in [2.45, 2.75) is 0 Å². The van der Waals surface area contributed by atoms with Crippen molar-refractivity contribution < 1.29 is 19.8 Å². The van der Waals surface area contributed by atoms with Crippen LogP contribution in [-0.2, 0) is 0 Å². The number of aromatic carboxylic acids is 2. The summed E-state index contributed by atoms with van der Waals surface area (Å²) < 4.78 is 0. The third-order valence-electron chi connectivity index (χ3n) is 1.90. The van der Waals surface area contributed by atoms with E-state index >= 15 is 0 Å². The van der Waals surface area contributed by atoms with Gasteiger partial charge >= 0.3 is 11.9 Å². The maximum atomic E-state index is 10.8. The van der Waals surface area contributed by atoms with Crippen LogP contribution in [0.15, 0.2) is 24.3 Å². The van der Waals surface area contributed by atoms with Gasteiger partial charge in [-0.1, -0.05) is 12.2 Å². The zero-order valence-electron chi connectivity index (χ0n) is 8.38. The summed E-state index contributed by atoms with van der Waals surface area (Å²) >= 11 is 0. The van der Waals surface area contributed by atoms with Gasteiger partial charge in [-0.25, -0.2) is 9.59 Å². The molecule has 0 aliphatic heterocycles. The molecular formula is C11H11NO4. The van der Waals surface area contributed by atoms with Crippen LogP contribution in [0.4, 0.5) is 0 Å². The molecule has 0 aromatic heterocycles. The Morgan fingerprint density at radius 3 is 2.00 bits per heavy atom. The molecule has 0 saturated carbocycles. The average Bonchev–Trinajstić information content (AvgIpc) is 2.25. The highest BCUT2D eigenvalue weighted by atomic mass is 16.4. The molecule has 0 unspecified atom stereocenters. The molecule has 0 fully saturated rings. The average molecular weight is 221 g/mol. The molecule has 0 spiro atoms. The van der Waals surface area contributed by atoms with E-state index in [-0.39, 0.29) is 11.1 Å². The molecule has 4 N–H and O–H groups in total. The van der Waals surface area contributed by atoms with Gasteiger partial charge in [-0.15, -0.1) is 0 Å². The predicted molar refractivity (Wildman–Crippen MR) is 58.4 cm³/mol. The Labute approximate surface area is 91.8 Å². The van der Waals surface area contributed by atoms with Gasteiger partial charge in [0.1, 0.15) is 0 Å². The van der Waals surface area contributed by atoms with Crippen LogP contribution in [0.1, 0.15) is 26.3 Å². The number of hydrogen-bond donors (Lipinski definition) is 3. The normalized spacial score (nSPS) is 10.6. The quantitative estimate of drug-likeness (QED) is 0.705. The first-order valence-corrected chi connectivity index (χ1v) is 4.53. The minimum atomic E-state index is -1.16. The first-order chi connectivity index (χ1) is 7.54. The van der Waals surface area contributed by atoms with Crippen LogP contribution >= 0.6 is 0 Å². The molecule has 0 radical (unpaired) electrons. The lowest BCUT2D eigenvalue weighted by Crippen LogP contribution is -2.03. The number of rotatable bonds is 4. The van der Waals surface area contributed by atoms with Crippen molar-refractivity contribution in [3.63, 3.8) is 0 Å². The van der Waals surface area contributed by atoms with E-state index in [9.17, 15) is 9.59 Å². The van der Waals surface area contributed by atoms with Crippen LogP contribution in [0.5, 0.6) is 0 Å². The van der Waals surface area contributed by atoms with E-state index < -0.39 is 11.9 Å². The van der Waals surface area contributed by atoms with Gasteiger partial charge in [-0.3, -0.25) is 0 Å². The van der Waals surface area contributed by atoms with Gasteiger partial charge in [0.05, 0.1) is 11.1 Å². The lowest BCUT2D eigenvalue weighted by Gasteiger charge is -2.01. The van der Waals surface area contributed by atoms with E-state index in [0.29, 0.717) is 12.1 Å². The molecule has 0 aliphatic carbocycles. The second kappa shape index (κ2) is 5.09. The van der Waals surface area contributed by atoms with Gasteiger partial charge < -0.3 is 15.9 Å². The van der Waals surface area contributed by atoms with Crippen LogP contribution in [0.25, 0.3) is 6.08 Å². The van der Waals surface area contributed by atoms with Gasteiger partial charge in [0.2, 0.25) is 0 Å². The number of hydrogen-bond acceptors (Lipinski definition) is 3. The zero-order chi connectivity index (χ0) is 12.1. The summed E-state index contributed by atoms with van der Waals surface area (Å²) in [5.74, 6) is -2.32. The van der Waals surface area contributed by atoms with E-state index in [1.807, 2.05) is 0 Å². The topological polar surface area (TPSA) is 101 Å². The van der Waals surface area contributed by atoms with E-state index in [1.54, 1.807) is 12.2 Å². The van der Waals surface area contributed by atoms with Crippen molar-refractivity contribution in [3.05, 3.63) is 41.0 Å². The Hall–Kier alpha value is -2.14. The van der Waals surface area contributed by atoms with Crippen molar-refractivity contribution in [1.82, 2.24) is 0 Å². The van der Waals surface area contributed by atoms with Crippen LogP contribution in [0, 0.1) is 0 Å². The van der Waals surface area contributed by atoms with Gasteiger partial charge in [0.25, 0.3) is 0 Å². The Bertz CT molecular complexity index is 419. The zero-order valence-corrected chi connectivity index (χ0v) is 8.38. The van der Waals surface area contributed by atoms with E-state index in [0.717, 1.165) is 6.07 Å². The summed E-state index contributed by atoms with van der Waals surface area (Å²) in [6.45, 7) is 0.305. The van der Waals surface area contributed by atoms with Crippen molar-refractivity contribution in [2.24, 2.45) is 5.73 Å². The molecule has 0 heterocycles. The highest BCUT2D eigenvalue weighted by molar-refractivity contribution is 5.94. The maximum absolute atomic E-state index is 10.8. The minimum Gasteiger partial charge on any atom is -0.478 e. The summed E-state index contributed by atoms with van der Waals surface area (Å²) in [7, 11) is 0. The van der Waals surface area contributed by atoms with Gasteiger partial charge in [-0.2, -0.15) is 0 Å². The molecular weight excluding hydrogens is 210 g/mol. The SMILES string of the molecule is NCC=Cc1cc(C(=O)O)cc(C(=O)O)c1. The molecule has 0 saturated heterocycles. The smallest absolute Gasteiger partial charge is 0.335 e. The van der Waals surface area contributed by atoms with Crippen LogP contribution in [0.3, 0.4) is 0 Å². The Kier molecular flexibility index (Phi) is 3.79. The lowest BCUT2D eigenvalue weighted by atomic mass is 10.1. The largest absolute Gasteiger partial charge is 0.478 e. The Morgan fingerprint density at radius 1 is 1.12 bits per heavy atom. The fourth-order valence-electron chi connectivity index (χ4n) is 1.20. The van der Waals surface area contributed by atoms with E-state index in [4.69, 9.17) is 15.9 Å². The first kappa shape index (κ1) is 11.9. The standard InChI is InChI=1S/C11H11NO4/c12-3-1-2-7-4-8(10(13)14)6-9(5-7)11(15)16/h1-2,4-6H,3,12H2,(H,13,14)(H,15,16). The molecule has 1 rings (SSSR count). The lowest BCUT2D eigenvalue weighted by molar-refractivity contribution is 0.0696. The highest BCUT2D eigenvalue weighted by Crippen LogP contribution is 2.12. The molecule has 5 heteroatoms. The summed E-state index contributed by atoms with van der Waals surface area (Å²) in [6.07, 6.45) is 3.20. The van der Waals surface area contributed by atoms with E-state index in [1.165, 1.54) is 12.1 Å². The number of carboxylic acids is 2. The summed E-state index contributed by atoms with van der Waals surface area (Å²) in [5, 5.41) is 17.6. The Morgan fingerprint density at radius 2 is 1.62 bits per heavy atom. The number of benzene rings is 1. The molecule has 16 heavy (non-hydrogen) atoms. The summed E-state index contributed by atoms with van der Waals surface area (Å²) in [6, 6.07) is 3.90. The molecule has 5 nitrogen and oxygen atoms in total. The molecule has 1 aromatic rings. The van der Waals surface area contributed by atoms with Crippen LogP contribution in [0.2, 0.25) is 0 Å². The summed E-state index contributed by atoms with van der Waals surface area (Å²) in [5.41, 5.74) is 5.64. The highest BCUT2D eigenvalue weighted by Gasteiger charge is 2.09. The number of carbonyl (C=O) groups is 2. The third kappa shape index (κ3) is 2.93. The van der Waals surface area contributed by atoms with Crippen LogP contribution in [-0.4, -0.2) is 28.7 Å². The van der Waals surface area contributed by atoms with Gasteiger partial charge in [0, 0.05) is 6.54 Å². The number of carboxylic acid groups (broad SMARTS) is 2. The van der Waals surface area contributed by atoms with Crippen molar-refractivity contribution in [1.29, 1.82) is 0 Å². The molecule has 0 amide bonds. The molecule has 84 valence electrons. The predicted octanol–water partition coefficient (Wildman–Crippen LogP) is 1.05. The number of nitrogens with two attached hydrogens (primary N) is 1.